The highest BCUT2D eigenvalue weighted by Crippen LogP contribution is 2.67. The number of para-hydroxylation sites is 1. The van der Waals surface area contributed by atoms with Gasteiger partial charge in [0.2, 0.25) is 5.91 Å². The molecule has 0 bridgehead atoms. The van der Waals surface area contributed by atoms with Crippen molar-refractivity contribution in [3.8, 4) is 0 Å². The third-order valence-corrected chi connectivity index (χ3v) is 6.47. The minimum atomic E-state index is -0.335. The summed E-state index contributed by atoms with van der Waals surface area (Å²) in [5, 5.41) is 0. The maximum atomic E-state index is 12.8. The summed E-state index contributed by atoms with van der Waals surface area (Å²) >= 11 is 7.17. The third-order valence-electron chi connectivity index (χ3n) is 4.16. The van der Waals surface area contributed by atoms with E-state index in [0.717, 1.165) is 18.5 Å². The highest BCUT2D eigenvalue weighted by Gasteiger charge is 2.68. The number of hydrogen-bond acceptors (Lipinski definition) is 1. The summed E-state index contributed by atoms with van der Waals surface area (Å²) < 4.78 is -0.221. The lowest BCUT2D eigenvalue weighted by atomic mass is 10.1. The molecule has 1 amide bonds. The second-order valence-electron chi connectivity index (χ2n) is 5.57. The zero-order valence-electron chi connectivity index (χ0n) is 10.4. The summed E-state index contributed by atoms with van der Waals surface area (Å²) in [5.41, 5.74) is 2.02. The predicted octanol–water partition coefficient (Wildman–Crippen LogP) is 3.86. The number of halogens is 2. The van der Waals surface area contributed by atoms with E-state index in [4.69, 9.17) is 0 Å². The molecule has 0 spiro atoms. The lowest BCUT2D eigenvalue weighted by Gasteiger charge is -2.27. The molecule has 0 unspecified atom stereocenters. The Labute approximate surface area is 124 Å². The van der Waals surface area contributed by atoms with Gasteiger partial charge in [-0.3, -0.25) is 4.79 Å². The number of nitrogens with zero attached hydrogens (tertiary/aromatic N) is 1. The standard InChI is InChI=1S/C14H15Br2NO/c1-9-7-10-5-3-4-6-11(10)17(9)12(18)13(2)8-14(13,15)16/h3-6,9H,7-8H2,1-2H3/t9-,13+/m1/s1. The highest BCUT2D eigenvalue weighted by atomic mass is 79.9. The van der Waals surface area contributed by atoms with Crippen molar-refractivity contribution >= 4 is 43.5 Å². The number of carbonyl (C=O) groups is 1. The molecule has 0 aromatic heterocycles. The van der Waals surface area contributed by atoms with Gasteiger partial charge in [0.15, 0.2) is 0 Å². The lowest BCUT2D eigenvalue weighted by Crippen LogP contribution is -2.41. The smallest absolute Gasteiger partial charge is 0.235 e. The normalized spacial score (nSPS) is 32.2. The largest absolute Gasteiger partial charge is 0.308 e. The molecule has 1 fully saturated rings. The molecule has 1 aromatic carbocycles. The Morgan fingerprint density at radius 2 is 2.00 bits per heavy atom. The van der Waals surface area contributed by atoms with Crippen LogP contribution in [0.25, 0.3) is 0 Å². The average molecular weight is 373 g/mol. The lowest BCUT2D eigenvalue weighted by molar-refractivity contribution is -0.123. The van der Waals surface area contributed by atoms with Crippen molar-refractivity contribution in [3.05, 3.63) is 29.8 Å². The molecule has 1 heterocycles. The molecular weight excluding hydrogens is 358 g/mol. The van der Waals surface area contributed by atoms with Crippen molar-refractivity contribution in [2.75, 3.05) is 4.90 Å². The summed E-state index contributed by atoms with van der Waals surface area (Å²) in [6.45, 7) is 4.14. The molecule has 0 saturated heterocycles. The van der Waals surface area contributed by atoms with E-state index in [1.807, 2.05) is 30.0 Å². The Balaban J connectivity index is 1.97. The van der Waals surface area contributed by atoms with E-state index in [9.17, 15) is 4.79 Å². The Morgan fingerprint density at radius 1 is 1.39 bits per heavy atom. The number of alkyl halides is 2. The van der Waals surface area contributed by atoms with Gasteiger partial charge in [-0.05, 0) is 38.3 Å². The van der Waals surface area contributed by atoms with Crippen LogP contribution in [-0.4, -0.2) is 15.2 Å². The van der Waals surface area contributed by atoms with E-state index in [-0.39, 0.29) is 20.6 Å². The highest BCUT2D eigenvalue weighted by molar-refractivity contribution is 9.25. The van der Waals surface area contributed by atoms with Crippen LogP contribution >= 0.6 is 31.9 Å². The van der Waals surface area contributed by atoms with Gasteiger partial charge in [0.1, 0.15) is 0 Å². The number of anilines is 1. The quantitative estimate of drug-likeness (QED) is 0.685. The topological polar surface area (TPSA) is 20.3 Å². The fourth-order valence-corrected chi connectivity index (χ4v) is 4.23. The predicted molar refractivity (Wildman–Crippen MR) is 80.4 cm³/mol. The Kier molecular flexibility index (Phi) is 2.69. The molecule has 2 atom stereocenters. The summed E-state index contributed by atoms with van der Waals surface area (Å²) in [6.07, 6.45) is 1.79. The van der Waals surface area contributed by atoms with Gasteiger partial charge in [-0.1, -0.05) is 50.1 Å². The van der Waals surface area contributed by atoms with Crippen molar-refractivity contribution in [1.29, 1.82) is 0 Å². The molecule has 1 saturated carbocycles. The Morgan fingerprint density at radius 3 is 2.61 bits per heavy atom. The number of fused-ring (bicyclic) bond motifs is 1. The van der Waals surface area contributed by atoms with Gasteiger partial charge in [-0.25, -0.2) is 0 Å². The molecule has 0 N–H and O–H groups in total. The van der Waals surface area contributed by atoms with E-state index in [0.29, 0.717) is 0 Å². The van der Waals surface area contributed by atoms with E-state index in [1.165, 1.54) is 5.56 Å². The maximum Gasteiger partial charge on any atom is 0.235 e. The first-order valence-electron chi connectivity index (χ1n) is 6.16. The number of benzene rings is 1. The second-order valence-corrected chi connectivity index (χ2v) is 9.34. The maximum absolute atomic E-state index is 12.8. The molecule has 18 heavy (non-hydrogen) atoms. The van der Waals surface area contributed by atoms with Crippen molar-refractivity contribution in [2.45, 2.75) is 36.0 Å². The molecule has 3 rings (SSSR count). The van der Waals surface area contributed by atoms with Crippen LogP contribution in [0, 0.1) is 5.41 Å². The molecule has 96 valence electrons. The van der Waals surface area contributed by atoms with Crippen molar-refractivity contribution in [3.63, 3.8) is 0 Å². The SMILES string of the molecule is C[C@@H]1Cc2ccccc2N1C(=O)[C@]1(C)CC1(Br)Br. The molecular formula is C14H15Br2NO. The van der Waals surface area contributed by atoms with Gasteiger partial charge < -0.3 is 4.90 Å². The van der Waals surface area contributed by atoms with Gasteiger partial charge in [-0.15, -0.1) is 0 Å². The van der Waals surface area contributed by atoms with Crippen LogP contribution in [0.4, 0.5) is 5.69 Å². The average Bonchev–Trinajstić information content (AvgIpc) is 2.67. The first-order valence-corrected chi connectivity index (χ1v) is 7.75. The van der Waals surface area contributed by atoms with Gasteiger partial charge in [0.05, 0.1) is 8.65 Å². The van der Waals surface area contributed by atoms with Crippen LogP contribution in [0.3, 0.4) is 0 Å². The van der Waals surface area contributed by atoms with Crippen molar-refractivity contribution in [2.24, 2.45) is 5.41 Å². The zero-order chi connectivity index (χ0) is 13.1. The number of amides is 1. The van der Waals surface area contributed by atoms with Crippen LogP contribution in [0.15, 0.2) is 24.3 Å². The van der Waals surface area contributed by atoms with Crippen LogP contribution in [-0.2, 0) is 11.2 Å². The minimum absolute atomic E-state index is 0.216. The first kappa shape index (κ1) is 12.7. The van der Waals surface area contributed by atoms with Crippen LogP contribution in [0.1, 0.15) is 25.8 Å². The molecule has 0 radical (unpaired) electrons. The third kappa shape index (κ3) is 1.61. The fourth-order valence-electron chi connectivity index (χ4n) is 2.77. The number of hydrogen-bond donors (Lipinski definition) is 0. The molecule has 2 nitrogen and oxygen atoms in total. The van der Waals surface area contributed by atoms with Crippen molar-refractivity contribution < 1.29 is 4.79 Å². The minimum Gasteiger partial charge on any atom is -0.308 e. The molecule has 1 aliphatic heterocycles. The van der Waals surface area contributed by atoms with Gasteiger partial charge >= 0.3 is 0 Å². The summed E-state index contributed by atoms with van der Waals surface area (Å²) in [4.78, 5) is 14.8. The zero-order valence-corrected chi connectivity index (χ0v) is 13.6. The monoisotopic (exact) mass is 371 g/mol. The molecule has 1 aromatic rings. The Hall–Kier alpha value is -0.350. The summed E-state index contributed by atoms with van der Waals surface area (Å²) in [5.74, 6) is 0.216. The summed E-state index contributed by atoms with van der Waals surface area (Å²) in [7, 11) is 0. The van der Waals surface area contributed by atoms with Crippen LogP contribution < -0.4 is 4.90 Å². The molecule has 2 aliphatic rings. The molecule has 4 heteroatoms. The first-order chi connectivity index (χ1) is 8.37. The van der Waals surface area contributed by atoms with Crippen LogP contribution in [0.2, 0.25) is 0 Å². The summed E-state index contributed by atoms with van der Waals surface area (Å²) in [6, 6.07) is 8.46. The van der Waals surface area contributed by atoms with Crippen molar-refractivity contribution in [1.82, 2.24) is 0 Å². The number of carbonyl (C=O) groups excluding carboxylic acids is 1. The van der Waals surface area contributed by atoms with E-state index in [2.05, 4.69) is 44.8 Å². The van der Waals surface area contributed by atoms with E-state index >= 15 is 0 Å². The van der Waals surface area contributed by atoms with E-state index < -0.39 is 0 Å². The van der Waals surface area contributed by atoms with Gasteiger partial charge in [0, 0.05) is 11.7 Å². The van der Waals surface area contributed by atoms with Gasteiger partial charge in [0.25, 0.3) is 0 Å². The van der Waals surface area contributed by atoms with E-state index in [1.54, 1.807) is 0 Å². The number of rotatable bonds is 1. The van der Waals surface area contributed by atoms with Crippen LogP contribution in [0.5, 0.6) is 0 Å². The molecule has 1 aliphatic carbocycles. The fraction of sp³-hybridized carbons (Fsp3) is 0.500. The van der Waals surface area contributed by atoms with Gasteiger partial charge in [-0.2, -0.15) is 0 Å². The second kappa shape index (κ2) is 3.83. The Bertz CT molecular complexity index is 528.